The third kappa shape index (κ3) is 5.14. The minimum absolute atomic E-state index is 0.0406. The maximum absolute atomic E-state index is 12.6. The molecule has 7 nitrogen and oxygen atoms in total. The fourth-order valence-corrected chi connectivity index (χ4v) is 3.82. The normalized spacial score (nSPS) is 23.4. The summed E-state index contributed by atoms with van der Waals surface area (Å²) in [6.07, 6.45) is -3.32. The highest BCUT2D eigenvalue weighted by atomic mass is 19.4. The monoisotopic (exact) mass is 426 g/mol. The van der Waals surface area contributed by atoms with Gasteiger partial charge in [-0.25, -0.2) is 4.79 Å². The lowest BCUT2D eigenvalue weighted by molar-refractivity contribution is -0.137. The average molecular weight is 426 g/mol. The van der Waals surface area contributed by atoms with Crippen molar-refractivity contribution in [2.45, 2.75) is 31.0 Å². The second kappa shape index (κ2) is 8.69. The van der Waals surface area contributed by atoms with Crippen LogP contribution in [0.1, 0.15) is 17.5 Å². The second-order valence-corrected chi connectivity index (χ2v) is 7.58. The van der Waals surface area contributed by atoms with Gasteiger partial charge in [0.2, 0.25) is 5.91 Å². The zero-order valence-corrected chi connectivity index (χ0v) is 16.0. The molecule has 1 saturated heterocycles. The number of halogens is 3. The molecule has 1 aromatic carbocycles. The number of hydrogen-bond acceptors (Lipinski definition) is 5. The summed E-state index contributed by atoms with van der Waals surface area (Å²) >= 11 is 0. The standard InChI is InChI=1S/C19H22BF3N2O5/c1-2-17(26)25-9-12-8-14(12)15(25)10-30-18(27)24-16(20(28)29)7-11-3-5-13(6-4-11)19(21,22)23/h2-6,12,14-16,28-29H,1,7-10H2,(H,24,27)/t12-,14-,15-,16-/m0/s1. The fraction of sp³-hybridized carbons (Fsp3) is 0.474. The summed E-state index contributed by atoms with van der Waals surface area (Å²) in [7, 11) is -1.95. The Morgan fingerprint density at radius 1 is 1.33 bits per heavy atom. The third-order valence-electron chi connectivity index (χ3n) is 5.55. The fourth-order valence-electron chi connectivity index (χ4n) is 3.82. The number of piperidine rings is 1. The smallest absolute Gasteiger partial charge is 0.447 e. The number of ether oxygens (including phenoxy) is 1. The van der Waals surface area contributed by atoms with E-state index in [0.717, 1.165) is 18.6 Å². The summed E-state index contributed by atoms with van der Waals surface area (Å²) in [5, 5.41) is 21.4. The van der Waals surface area contributed by atoms with Crippen molar-refractivity contribution in [2.75, 3.05) is 13.2 Å². The van der Waals surface area contributed by atoms with Gasteiger partial charge in [-0.05, 0) is 48.4 Å². The molecule has 162 valence electrons. The van der Waals surface area contributed by atoms with E-state index in [-0.39, 0.29) is 30.9 Å². The molecule has 1 aliphatic carbocycles. The van der Waals surface area contributed by atoms with Crippen LogP contribution in [0.4, 0.5) is 18.0 Å². The van der Waals surface area contributed by atoms with Gasteiger partial charge in [-0.15, -0.1) is 0 Å². The van der Waals surface area contributed by atoms with E-state index in [4.69, 9.17) is 4.74 Å². The van der Waals surface area contributed by atoms with Gasteiger partial charge in [0, 0.05) is 6.54 Å². The van der Waals surface area contributed by atoms with Crippen molar-refractivity contribution in [3.8, 4) is 0 Å². The molecule has 30 heavy (non-hydrogen) atoms. The first-order chi connectivity index (χ1) is 14.1. The van der Waals surface area contributed by atoms with Crippen LogP contribution in [0.5, 0.6) is 0 Å². The molecule has 0 spiro atoms. The molecule has 0 bridgehead atoms. The van der Waals surface area contributed by atoms with E-state index in [1.807, 2.05) is 0 Å². The van der Waals surface area contributed by atoms with Crippen LogP contribution >= 0.6 is 0 Å². The molecule has 0 radical (unpaired) electrons. The Balaban J connectivity index is 1.54. The summed E-state index contributed by atoms with van der Waals surface area (Å²) in [5.74, 6) is -0.745. The van der Waals surface area contributed by atoms with E-state index in [9.17, 15) is 32.8 Å². The van der Waals surface area contributed by atoms with Gasteiger partial charge in [-0.1, -0.05) is 18.7 Å². The Hall–Kier alpha value is -2.53. The summed E-state index contributed by atoms with van der Waals surface area (Å²) in [4.78, 5) is 25.6. The zero-order valence-electron chi connectivity index (χ0n) is 16.0. The minimum Gasteiger partial charge on any atom is -0.447 e. The lowest BCUT2D eigenvalue weighted by Crippen LogP contribution is -2.49. The number of amides is 2. The van der Waals surface area contributed by atoms with Gasteiger partial charge in [0.15, 0.2) is 0 Å². The first-order valence-corrected chi connectivity index (χ1v) is 9.48. The van der Waals surface area contributed by atoms with Crippen LogP contribution in [0.2, 0.25) is 0 Å². The molecule has 0 aromatic heterocycles. The van der Waals surface area contributed by atoms with Crippen molar-refractivity contribution >= 4 is 19.1 Å². The minimum atomic E-state index is -4.47. The van der Waals surface area contributed by atoms with Crippen LogP contribution in [0.15, 0.2) is 36.9 Å². The van der Waals surface area contributed by atoms with Crippen molar-refractivity contribution < 1.29 is 37.5 Å². The summed E-state index contributed by atoms with van der Waals surface area (Å²) in [6.45, 7) is 4.02. The highest BCUT2D eigenvalue weighted by molar-refractivity contribution is 6.43. The van der Waals surface area contributed by atoms with E-state index in [1.54, 1.807) is 4.90 Å². The van der Waals surface area contributed by atoms with Crippen molar-refractivity contribution in [3.63, 3.8) is 0 Å². The molecule has 1 saturated carbocycles. The summed E-state index contributed by atoms with van der Waals surface area (Å²) in [6, 6.07) is 3.92. The van der Waals surface area contributed by atoms with E-state index < -0.39 is 30.9 Å². The molecule has 0 unspecified atom stereocenters. The average Bonchev–Trinajstić information content (AvgIpc) is 3.36. The Kier molecular flexibility index (Phi) is 6.42. The van der Waals surface area contributed by atoms with Crippen LogP contribution in [0, 0.1) is 11.8 Å². The number of carbonyl (C=O) groups excluding carboxylic acids is 2. The zero-order chi connectivity index (χ0) is 22.1. The number of nitrogens with one attached hydrogen (secondary N) is 1. The molecular weight excluding hydrogens is 404 g/mol. The predicted octanol–water partition coefficient (Wildman–Crippen LogP) is 1.39. The van der Waals surface area contributed by atoms with E-state index >= 15 is 0 Å². The lowest BCUT2D eigenvalue weighted by Gasteiger charge is -2.26. The van der Waals surface area contributed by atoms with Crippen molar-refractivity contribution in [3.05, 3.63) is 48.0 Å². The molecule has 1 aliphatic heterocycles. The van der Waals surface area contributed by atoms with Crippen LogP contribution in [-0.4, -0.2) is 59.2 Å². The SMILES string of the molecule is C=CC(=O)N1C[C@@H]2C[C@@H]2[C@@H]1COC(=O)N[C@@H](Cc1ccc(C(F)(F)F)cc1)B(O)O. The molecule has 1 aromatic rings. The van der Waals surface area contributed by atoms with E-state index in [2.05, 4.69) is 11.9 Å². The van der Waals surface area contributed by atoms with Gasteiger partial charge in [0.1, 0.15) is 6.61 Å². The highest BCUT2D eigenvalue weighted by Crippen LogP contribution is 2.49. The van der Waals surface area contributed by atoms with Crippen LogP contribution < -0.4 is 5.32 Å². The molecule has 3 N–H and O–H groups in total. The summed E-state index contributed by atoms with van der Waals surface area (Å²) in [5.41, 5.74) is -0.450. The maximum atomic E-state index is 12.6. The molecule has 1 heterocycles. The van der Waals surface area contributed by atoms with Crippen molar-refractivity contribution in [1.29, 1.82) is 0 Å². The van der Waals surface area contributed by atoms with Gasteiger partial charge in [0.25, 0.3) is 0 Å². The van der Waals surface area contributed by atoms with Crippen molar-refractivity contribution in [1.82, 2.24) is 10.2 Å². The number of rotatable bonds is 7. The molecule has 3 rings (SSSR count). The topological polar surface area (TPSA) is 99.1 Å². The van der Waals surface area contributed by atoms with Crippen LogP contribution in [0.25, 0.3) is 0 Å². The molecule has 4 atom stereocenters. The van der Waals surface area contributed by atoms with Crippen molar-refractivity contribution in [2.24, 2.45) is 11.8 Å². The quantitative estimate of drug-likeness (QED) is 0.452. The molecule has 2 fully saturated rings. The molecule has 2 aliphatic rings. The van der Waals surface area contributed by atoms with Gasteiger partial charge < -0.3 is 25.0 Å². The first kappa shape index (κ1) is 22.2. The number of benzene rings is 1. The predicted molar refractivity (Wildman–Crippen MR) is 101 cm³/mol. The summed E-state index contributed by atoms with van der Waals surface area (Å²) < 4.78 is 43.1. The van der Waals surface area contributed by atoms with E-state index in [0.29, 0.717) is 18.0 Å². The number of alkyl carbamates (subject to hydrolysis) is 1. The number of hydrogen-bond donors (Lipinski definition) is 3. The van der Waals surface area contributed by atoms with Gasteiger partial charge in [0.05, 0.1) is 17.5 Å². The molecular formula is C19H22BF3N2O5. The van der Waals surface area contributed by atoms with Gasteiger partial charge in [-0.2, -0.15) is 13.2 Å². The number of nitrogens with zero attached hydrogens (tertiary/aromatic N) is 1. The maximum Gasteiger partial charge on any atom is 0.475 e. The number of fused-ring (bicyclic) bond motifs is 1. The lowest BCUT2D eigenvalue weighted by atomic mass is 9.76. The second-order valence-electron chi connectivity index (χ2n) is 7.58. The van der Waals surface area contributed by atoms with Gasteiger partial charge >= 0.3 is 19.4 Å². The van der Waals surface area contributed by atoms with Crippen LogP contribution in [0.3, 0.4) is 0 Å². The van der Waals surface area contributed by atoms with E-state index in [1.165, 1.54) is 18.2 Å². The first-order valence-electron chi connectivity index (χ1n) is 9.48. The Labute approximate surface area is 171 Å². The van der Waals surface area contributed by atoms with Crippen LogP contribution in [-0.2, 0) is 22.1 Å². The number of likely N-dealkylation sites (tertiary alicyclic amines) is 1. The Morgan fingerprint density at radius 2 is 2.00 bits per heavy atom. The Bertz CT molecular complexity index is 802. The molecule has 11 heteroatoms. The number of alkyl halides is 3. The number of carbonyl (C=O) groups is 2. The highest BCUT2D eigenvalue weighted by Gasteiger charge is 2.53. The third-order valence-corrected chi connectivity index (χ3v) is 5.55. The Morgan fingerprint density at radius 3 is 2.57 bits per heavy atom. The molecule has 2 amide bonds. The van der Waals surface area contributed by atoms with Gasteiger partial charge in [-0.3, -0.25) is 4.79 Å². The largest absolute Gasteiger partial charge is 0.475 e.